The molecule has 5 heterocycles. The summed E-state index contributed by atoms with van der Waals surface area (Å²) in [5.41, 5.74) is 9.64. The van der Waals surface area contributed by atoms with Crippen LogP contribution < -0.4 is 16.1 Å². The highest BCUT2D eigenvalue weighted by Crippen LogP contribution is 2.40. The van der Waals surface area contributed by atoms with Crippen LogP contribution in [0.2, 0.25) is 0 Å². The molecule has 0 radical (unpaired) electrons. The Morgan fingerprint density at radius 2 is 2.11 bits per heavy atom. The fraction of sp³-hybridized carbons (Fsp3) is 0.316. The van der Waals surface area contributed by atoms with Crippen molar-refractivity contribution in [3.05, 3.63) is 39.7 Å². The van der Waals surface area contributed by atoms with Gasteiger partial charge in [0.25, 0.3) is 5.91 Å². The van der Waals surface area contributed by atoms with Gasteiger partial charge < -0.3 is 25.3 Å². The number of H-pyrrole nitrogens is 2. The fourth-order valence-corrected chi connectivity index (χ4v) is 4.51. The van der Waals surface area contributed by atoms with Gasteiger partial charge in [-0.05, 0) is 18.6 Å². The number of carbonyl (C=O) groups is 1. The molecule has 2 aliphatic rings. The number of ether oxygens (including phenoxy) is 1. The minimum absolute atomic E-state index is 0.179. The Kier molecular flexibility index (Phi) is 2.76. The lowest BCUT2D eigenvalue weighted by molar-refractivity contribution is -0.127. The summed E-state index contributed by atoms with van der Waals surface area (Å²) < 4.78 is 7.14. The Morgan fingerprint density at radius 3 is 2.79 bits per heavy atom. The molecule has 6 rings (SSSR count). The molecule has 4 N–H and O–H groups in total. The lowest BCUT2D eigenvalue weighted by atomic mass is 9.78. The summed E-state index contributed by atoms with van der Waals surface area (Å²) in [4.78, 5) is 37.9. The lowest BCUT2D eigenvalue weighted by Gasteiger charge is -2.55. The number of nitrogens with one attached hydrogen (secondary N) is 2. The summed E-state index contributed by atoms with van der Waals surface area (Å²) in [5.74, 6) is 0.293. The van der Waals surface area contributed by atoms with Gasteiger partial charge in [0.2, 0.25) is 5.43 Å². The molecule has 0 aliphatic carbocycles. The van der Waals surface area contributed by atoms with Crippen LogP contribution in [0.5, 0.6) is 0 Å². The number of nitrogens with two attached hydrogens (primary N) is 1. The highest BCUT2D eigenvalue weighted by Gasteiger charge is 2.49. The Morgan fingerprint density at radius 1 is 1.32 bits per heavy atom. The van der Waals surface area contributed by atoms with Crippen LogP contribution in [0.1, 0.15) is 15.9 Å². The molecule has 9 nitrogen and oxygen atoms in total. The number of aromatic amines is 2. The van der Waals surface area contributed by atoms with Crippen molar-refractivity contribution in [2.45, 2.75) is 6.92 Å². The van der Waals surface area contributed by atoms with E-state index >= 15 is 0 Å². The third kappa shape index (κ3) is 1.81. The van der Waals surface area contributed by atoms with E-state index in [1.807, 2.05) is 13.1 Å². The molecule has 28 heavy (non-hydrogen) atoms. The molecular weight excluding hydrogens is 360 g/mol. The molecule has 9 heteroatoms. The SMILES string of the molecule is Cc1ccc(=O)c2nc3c(C(N)=O)c4[nH]c(N5CC6(COC6)C5)c[nH]c4n3c12. The smallest absolute Gasteiger partial charge is 0.254 e. The predicted octanol–water partition coefficient (Wildman–Crippen LogP) is 0.901. The van der Waals surface area contributed by atoms with Crippen molar-refractivity contribution in [2.24, 2.45) is 11.1 Å². The van der Waals surface area contributed by atoms with Crippen molar-refractivity contribution < 1.29 is 9.53 Å². The van der Waals surface area contributed by atoms with Crippen molar-refractivity contribution in [3.8, 4) is 0 Å². The van der Waals surface area contributed by atoms with E-state index in [1.54, 1.807) is 10.5 Å². The van der Waals surface area contributed by atoms with Gasteiger partial charge in [-0.25, -0.2) is 4.98 Å². The molecule has 0 unspecified atom stereocenters. The number of aromatic nitrogens is 4. The zero-order valence-electron chi connectivity index (χ0n) is 15.2. The van der Waals surface area contributed by atoms with E-state index in [0.29, 0.717) is 27.8 Å². The molecular formula is C19H18N6O3. The predicted molar refractivity (Wildman–Crippen MR) is 104 cm³/mol. The van der Waals surface area contributed by atoms with Crippen LogP contribution in [0.3, 0.4) is 0 Å². The Balaban J connectivity index is 1.62. The first kappa shape index (κ1) is 15.7. The van der Waals surface area contributed by atoms with Gasteiger partial charge in [-0.1, -0.05) is 6.07 Å². The second-order valence-electron chi connectivity index (χ2n) is 7.96. The minimum atomic E-state index is -0.588. The second-order valence-corrected chi connectivity index (χ2v) is 7.96. The van der Waals surface area contributed by atoms with E-state index in [4.69, 9.17) is 10.5 Å². The molecule has 1 aromatic carbocycles. The minimum Gasteiger partial charge on any atom is -0.380 e. The van der Waals surface area contributed by atoms with Gasteiger partial charge in [0, 0.05) is 19.3 Å². The molecule has 1 spiro atoms. The van der Waals surface area contributed by atoms with Crippen molar-refractivity contribution in [1.29, 1.82) is 0 Å². The molecule has 2 aliphatic heterocycles. The normalized spacial score (nSPS) is 18.1. The first-order valence-corrected chi connectivity index (χ1v) is 9.15. The number of anilines is 1. The number of benzene rings is 1. The average Bonchev–Trinajstić information content (AvgIpc) is 3.10. The van der Waals surface area contributed by atoms with E-state index in [9.17, 15) is 9.59 Å². The third-order valence-electron chi connectivity index (χ3n) is 5.96. The molecule has 0 bridgehead atoms. The van der Waals surface area contributed by atoms with E-state index < -0.39 is 5.91 Å². The lowest BCUT2D eigenvalue weighted by Crippen LogP contribution is -2.66. The molecule has 2 fully saturated rings. The molecule has 4 aromatic rings. The largest absolute Gasteiger partial charge is 0.380 e. The number of imidazole rings is 1. The number of carbonyl (C=O) groups excluding carboxylic acids is 1. The summed E-state index contributed by atoms with van der Waals surface area (Å²) >= 11 is 0. The van der Waals surface area contributed by atoms with Crippen molar-refractivity contribution in [1.82, 2.24) is 19.4 Å². The number of hydrogen-bond donors (Lipinski definition) is 3. The third-order valence-corrected chi connectivity index (χ3v) is 5.96. The number of fused-ring (bicyclic) bond motifs is 5. The number of rotatable bonds is 2. The van der Waals surface area contributed by atoms with Gasteiger partial charge in [-0.15, -0.1) is 0 Å². The van der Waals surface area contributed by atoms with Crippen LogP contribution in [0.15, 0.2) is 23.1 Å². The molecule has 0 saturated carbocycles. The first-order chi connectivity index (χ1) is 13.5. The van der Waals surface area contributed by atoms with Crippen LogP contribution in [0.4, 0.5) is 5.82 Å². The van der Waals surface area contributed by atoms with Crippen LogP contribution in [-0.2, 0) is 4.74 Å². The van der Waals surface area contributed by atoms with Crippen LogP contribution in [-0.4, -0.2) is 51.6 Å². The van der Waals surface area contributed by atoms with Crippen molar-refractivity contribution in [2.75, 3.05) is 31.2 Å². The van der Waals surface area contributed by atoms with E-state index in [0.717, 1.165) is 37.7 Å². The Bertz CT molecular complexity index is 1370. The molecule has 3 aromatic heterocycles. The second kappa shape index (κ2) is 4.93. The van der Waals surface area contributed by atoms with Gasteiger partial charge in [0.1, 0.15) is 22.5 Å². The number of nitrogens with zero attached hydrogens (tertiary/aromatic N) is 3. The van der Waals surface area contributed by atoms with Crippen LogP contribution >= 0.6 is 0 Å². The fourth-order valence-electron chi connectivity index (χ4n) is 4.51. The molecule has 142 valence electrons. The summed E-state index contributed by atoms with van der Waals surface area (Å²) in [6.07, 6.45) is 1.88. The van der Waals surface area contributed by atoms with Crippen LogP contribution in [0, 0.1) is 12.3 Å². The summed E-state index contributed by atoms with van der Waals surface area (Å²) in [5, 5.41) is 0. The number of amides is 1. The van der Waals surface area contributed by atoms with Crippen molar-refractivity contribution in [3.63, 3.8) is 0 Å². The maximum Gasteiger partial charge on any atom is 0.254 e. The van der Waals surface area contributed by atoms with Gasteiger partial charge in [-0.3, -0.25) is 14.0 Å². The van der Waals surface area contributed by atoms with Gasteiger partial charge in [0.05, 0.1) is 29.7 Å². The quantitative estimate of drug-likeness (QED) is 0.478. The molecule has 0 atom stereocenters. The first-order valence-electron chi connectivity index (χ1n) is 9.15. The molecule has 2 saturated heterocycles. The average molecular weight is 378 g/mol. The van der Waals surface area contributed by atoms with Crippen LogP contribution in [0.25, 0.3) is 27.8 Å². The van der Waals surface area contributed by atoms with Gasteiger partial charge in [-0.2, -0.15) is 0 Å². The number of primary amides is 1. The van der Waals surface area contributed by atoms with E-state index in [2.05, 4.69) is 19.9 Å². The topological polar surface area (TPSA) is 122 Å². The summed E-state index contributed by atoms with van der Waals surface area (Å²) in [6, 6.07) is 3.26. The van der Waals surface area contributed by atoms with Gasteiger partial charge in [0.15, 0.2) is 5.65 Å². The zero-order chi connectivity index (χ0) is 19.2. The van der Waals surface area contributed by atoms with Gasteiger partial charge >= 0.3 is 0 Å². The van der Waals surface area contributed by atoms with Crippen molar-refractivity contribution >= 4 is 39.6 Å². The summed E-state index contributed by atoms with van der Waals surface area (Å²) in [6.45, 7) is 5.34. The molecule has 1 amide bonds. The monoisotopic (exact) mass is 378 g/mol. The highest BCUT2D eigenvalue weighted by atomic mass is 16.5. The Hall–Kier alpha value is -3.33. The van der Waals surface area contributed by atoms with E-state index in [-0.39, 0.29) is 16.4 Å². The Labute approximate surface area is 158 Å². The highest BCUT2D eigenvalue weighted by molar-refractivity contribution is 6.12. The maximum absolute atomic E-state index is 12.3. The summed E-state index contributed by atoms with van der Waals surface area (Å²) in [7, 11) is 0. The van der Waals surface area contributed by atoms with E-state index in [1.165, 1.54) is 6.07 Å². The number of hydrogen-bond acceptors (Lipinski definition) is 5. The standard InChI is InChI=1S/C19H18N6O3/c1-9-2-3-10(26)13-15(9)25-17(23-13)12(16(20)27)14-18(25)21-4-11(22-14)24-5-19(6-24)7-28-8-19/h2-4,21-22H,5-8H2,1H3,(H2,20,27). The maximum atomic E-state index is 12.3. The number of aryl methyl sites for hydroxylation is 1. The zero-order valence-corrected chi connectivity index (χ0v) is 15.2.